The van der Waals surface area contributed by atoms with Gasteiger partial charge in [-0.3, -0.25) is 0 Å². The quantitative estimate of drug-likeness (QED) is 0.582. The Bertz CT molecular complexity index is 524. The van der Waals surface area contributed by atoms with Crippen LogP contribution in [0.4, 0.5) is 11.4 Å². The maximum absolute atomic E-state index is 11.5. The fourth-order valence-electron chi connectivity index (χ4n) is 1.44. The Hall–Kier alpha value is -1.31. The summed E-state index contributed by atoms with van der Waals surface area (Å²) in [6, 6.07) is 4.41. The number of rotatable bonds is 5. The van der Waals surface area contributed by atoms with Crippen molar-refractivity contribution >= 4 is 21.4 Å². The first kappa shape index (κ1) is 14.7. The van der Waals surface area contributed by atoms with Crippen molar-refractivity contribution < 1.29 is 13.5 Å². The molecule has 0 amide bonds. The molecule has 0 aliphatic rings. The van der Waals surface area contributed by atoms with Gasteiger partial charge in [0.2, 0.25) is 10.0 Å². The molecule has 1 rings (SSSR count). The highest BCUT2D eigenvalue weighted by Gasteiger charge is 2.24. The van der Waals surface area contributed by atoms with Gasteiger partial charge in [-0.25, -0.2) is 13.6 Å². The van der Waals surface area contributed by atoms with Crippen molar-refractivity contribution in [1.82, 2.24) is 0 Å². The number of benzene rings is 1. The first-order chi connectivity index (χ1) is 8.22. The lowest BCUT2D eigenvalue weighted by atomic mass is 10.00. The molecule has 7 heteroatoms. The monoisotopic (exact) mass is 273 g/mol. The number of nitrogens with two attached hydrogens (primary N) is 2. The Morgan fingerprint density at radius 2 is 2.06 bits per heavy atom. The third kappa shape index (κ3) is 3.34. The molecule has 0 bridgehead atoms. The number of aliphatic hydroxyl groups is 1. The average molecular weight is 273 g/mol. The zero-order valence-corrected chi connectivity index (χ0v) is 11.3. The van der Waals surface area contributed by atoms with Gasteiger partial charge in [-0.15, -0.1) is 0 Å². The summed E-state index contributed by atoms with van der Waals surface area (Å²) in [6.45, 7) is 3.55. The highest BCUT2D eigenvalue weighted by molar-refractivity contribution is 7.89. The molecule has 6 N–H and O–H groups in total. The summed E-state index contributed by atoms with van der Waals surface area (Å²) in [6.07, 6.45) is 0.623. The zero-order valence-electron chi connectivity index (χ0n) is 10.5. The number of sulfonamides is 1. The van der Waals surface area contributed by atoms with Crippen LogP contribution in [0, 0.1) is 0 Å². The van der Waals surface area contributed by atoms with Crippen molar-refractivity contribution in [3.05, 3.63) is 18.2 Å². The Balaban J connectivity index is 3.26. The lowest BCUT2D eigenvalue weighted by Gasteiger charge is -2.29. The van der Waals surface area contributed by atoms with E-state index >= 15 is 0 Å². The Morgan fingerprint density at radius 1 is 1.44 bits per heavy atom. The number of anilines is 2. The van der Waals surface area contributed by atoms with Gasteiger partial charge in [-0.05, 0) is 31.5 Å². The summed E-state index contributed by atoms with van der Waals surface area (Å²) < 4.78 is 23.0. The minimum Gasteiger partial charge on any atom is -0.399 e. The molecule has 0 spiro atoms. The molecule has 0 aliphatic heterocycles. The van der Waals surface area contributed by atoms with Gasteiger partial charge >= 0.3 is 0 Å². The average Bonchev–Trinajstić information content (AvgIpc) is 2.30. The second kappa shape index (κ2) is 5.13. The topological polar surface area (TPSA) is 118 Å². The predicted octanol–water partition coefficient (Wildman–Crippen LogP) is 0.489. The molecule has 18 heavy (non-hydrogen) atoms. The van der Waals surface area contributed by atoms with E-state index < -0.39 is 15.6 Å². The van der Waals surface area contributed by atoms with E-state index in [0.717, 1.165) is 0 Å². The van der Waals surface area contributed by atoms with E-state index in [2.05, 4.69) is 5.32 Å². The van der Waals surface area contributed by atoms with E-state index in [1.54, 1.807) is 19.1 Å². The smallest absolute Gasteiger partial charge is 0.240 e. The minimum atomic E-state index is -3.87. The molecule has 0 saturated heterocycles. The molecule has 1 aromatic rings. The second-order valence-corrected chi connectivity index (χ2v) is 6.03. The van der Waals surface area contributed by atoms with Crippen molar-refractivity contribution in [2.75, 3.05) is 17.7 Å². The predicted molar refractivity (Wildman–Crippen MR) is 71.6 cm³/mol. The highest BCUT2D eigenvalue weighted by Crippen LogP contribution is 2.26. The van der Waals surface area contributed by atoms with Crippen molar-refractivity contribution in [3.8, 4) is 0 Å². The van der Waals surface area contributed by atoms with Gasteiger partial charge < -0.3 is 16.2 Å². The Kier molecular flexibility index (Phi) is 4.20. The standard InChI is InChI=1S/C11H19N3O3S/c1-3-11(2,7-15)14-9-5-4-8(12)6-10(9)18(13,16)17/h4-6,14-15H,3,7,12H2,1-2H3,(H2,13,16,17). The third-order valence-corrected chi connectivity index (χ3v) is 3.83. The highest BCUT2D eigenvalue weighted by atomic mass is 32.2. The van der Waals surface area contributed by atoms with E-state index in [0.29, 0.717) is 17.8 Å². The van der Waals surface area contributed by atoms with Gasteiger partial charge in [0.15, 0.2) is 0 Å². The summed E-state index contributed by atoms with van der Waals surface area (Å²) >= 11 is 0. The molecule has 6 nitrogen and oxygen atoms in total. The van der Waals surface area contributed by atoms with Crippen molar-refractivity contribution in [3.63, 3.8) is 0 Å². The molecule has 1 unspecified atom stereocenters. The van der Waals surface area contributed by atoms with Gasteiger partial charge in [-0.2, -0.15) is 0 Å². The number of aliphatic hydroxyl groups excluding tert-OH is 1. The van der Waals surface area contributed by atoms with Gasteiger partial charge in [-0.1, -0.05) is 6.92 Å². The summed E-state index contributed by atoms with van der Waals surface area (Å²) in [5.41, 5.74) is 5.59. The molecule has 0 aromatic heterocycles. The molecule has 0 saturated carbocycles. The number of nitrogen functional groups attached to an aromatic ring is 1. The summed E-state index contributed by atoms with van der Waals surface area (Å²) in [4.78, 5) is -0.0735. The van der Waals surface area contributed by atoms with E-state index in [9.17, 15) is 13.5 Å². The fourth-order valence-corrected chi connectivity index (χ4v) is 2.17. The van der Waals surface area contributed by atoms with Crippen LogP contribution in [0.25, 0.3) is 0 Å². The number of primary sulfonamides is 1. The van der Waals surface area contributed by atoms with Crippen LogP contribution in [0.3, 0.4) is 0 Å². The van der Waals surface area contributed by atoms with E-state index in [4.69, 9.17) is 10.9 Å². The largest absolute Gasteiger partial charge is 0.399 e. The van der Waals surface area contributed by atoms with E-state index in [-0.39, 0.29) is 11.5 Å². The molecule has 1 aromatic carbocycles. The maximum atomic E-state index is 11.5. The number of hydrogen-bond donors (Lipinski definition) is 4. The van der Waals surface area contributed by atoms with Crippen LogP contribution in [0.5, 0.6) is 0 Å². The maximum Gasteiger partial charge on any atom is 0.240 e. The van der Waals surface area contributed by atoms with E-state index in [1.165, 1.54) is 6.07 Å². The second-order valence-electron chi connectivity index (χ2n) is 4.50. The van der Waals surface area contributed by atoms with Crippen molar-refractivity contribution in [1.29, 1.82) is 0 Å². The van der Waals surface area contributed by atoms with Crippen LogP contribution in [0.1, 0.15) is 20.3 Å². The summed E-state index contributed by atoms with van der Waals surface area (Å²) in [7, 11) is -3.87. The lowest BCUT2D eigenvalue weighted by Crippen LogP contribution is -2.38. The van der Waals surface area contributed by atoms with Crippen molar-refractivity contribution in [2.45, 2.75) is 30.7 Å². The zero-order chi connectivity index (χ0) is 14.0. The van der Waals surface area contributed by atoms with Crippen LogP contribution in [-0.4, -0.2) is 25.7 Å². The SMILES string of the molecule is CCC(C)(CO)Nc1ccc(N)cc1S(N)(=O)=O. The first-order valence-corrected chi connectivity index (χ1v) is 7.08. The summed E-state index contributed by atoms with van der Waals surface area (Å²) in [5.74, 6) is 0. The number of nitrogens with one attached hydrogen (secondary N) is 1. The molecular weight excluding hydrogens is 254 g/mol. The minimum absolute atomic E-state index is 0.0735. The lowest BCUT2D eigenvalue weighted by molar-refractivity contribution is 0.218. The summed E-state index contributed by atoms with van der Waals surface area (Å²) in [5, 5.41) is 17.5. The molecular formula is C11H19N3O3S. The third-order valence-electron chi connectivity index (χ3n) is 2.88. The Morgan fingerprint density at radius 3 is 2.50 bits per heavy atom. The molecule has 1 atom stereocenters. The van der Waals surface area contributed by atoms with Crippen LogP contribution in [0.2, 0.25) is 0 Å². The Labute approximate surface area is 107 Å². The van der Waals surface area contributed by atoms with Gasteiger partial charge in [0.1, 0.15) is 4.90 Å². The molecule has 0 fully saturated rings. The first-order valence-electron chi connectivity index (χ1n) is 5.53. The molecule has 0 aliphatic carbocycles. The van der Waals surface area contributed by atoms with Crippen LogP contribution < -0.4 is 16.2 Å². The fraction of sp³-hybridized carbons (Fsp3) is 0.455. The van der Waals surface area contributed by atoms with Gasteiger partial charge in [0.25, 0.3) is 0 Å². The van der Waals surface area contributed by atoms with Crippen LogP contribution in [0.15, 0.2) is 23.1 Å². The molecule has 102 valence electrons. The number of hydrogen-bond acceptors (Lipinski definition) is 5. The van der Waals surface area contributed by atoms with Gasteiger partial charge in [0, 0.05) is 5.69 Å². The normalized spacial score (nSPS) is 15.1. The van der Waals surface area contributed by atoms with Gasteiger partial charge in [0.05, 0.1) is 17.8 Å². The van der Waals surface area contributed by atoms with E-state index in [1.807, 2.05) is 6.92 Å². The van der Waals surface area contributed by atoms with Crippen molar-refractivity contribution in [2.24, 2.45) is 5.14 Å². The molecule has 0 heterocycles. The van der Waals surface area contributed by atoms with Crippen LogP contribution in [-0.2, 0) is 10.0 Å². The van der Waals surface area contributed by atoms with Crippen LogP contribution >= 0.6 is 0 Å². The molecule has 0 radical (unpaired) electrons.